The van der Waals surface area contributed by atoms with E-state index < -0.39 is 11.7 Å². The van der Waals surface area contributed by atoms with Crippen LogP contribution in [0.15, 0.2) is 28.7 Å². The molecule has 26 heavy (non-hydrogen) atoms. The van der Waals surface area contributed by atoms with Crippen LogP contribution in [0.5, 0.6) is 0 Å². The molecule has 0 aliphatic rings. The Hall–Kier alpha value is -2.02. The van der Waals surface area contributed by atoms with Crippen molar-refractivity contribution in [2.24, 2.45) is 0 Å². The van der Waals surface area contributed by atoms with E-state index in [0.717, 1.165) is 15.4 Å². The van der Waals surface area contributed by atoms with E-state index in [-0.39, 0.29) is 12.0 Å². The number of nitrogens with one attached hydrogen (secondary N) is 1. The minimum Gasteiger partial charge on any atom is -0.461 e. The summed E-state index contributed by atoms with van der Waals surface area (Å²) in [5, 5.41) is 3.68. The van der Waals surface area contributed by atoms with Gasteiger partial charge >= 0.3 is 12.1 Å². The lowest BCUT2D eigenvalue weighted by atomic mass is 10.2. The minimum atomic E-state index is -0.563. The number of amides is 1. The van der Waals surface area contributed by atoms with Crippen LogP contribution in [-0.4, -0.2) is 35.4 Å². The zero-order valence-corrected chi connectivity index (χ0v) is 17.3. The van der Waals surface area contributed by atoms with Gasteiger partial charge in [0, 0.05) is 22.4 Å². The molecule has 0 spiro atoms. The molecule has 0 aliphatic heterocycles. The van der Waals surface area contributed by atoms with E-state index in [9.17, 15) is 9.59 Å². The summed E-state index contributed by atoms with van der Waals surface area (Å²) >= 11 is 3.55. The number of carbonyl (C=O) groups excluding carboxylic acids is 2. The molecule has 1 aromatic heterocycles. The van der Waals surface area contributed by atoms with Crippen molar-refractivity contribution in [2.45, 2.75) is 46.3 Å². The minimum absolute atomic E-state index is 0.182. The van der Waals surface area contributed by atoms with E-state index in [2.05, 4.69) is 21.2 Å². The number of benzene rings is 1. The van der Waals surface area contributed by atoms with Crippen LogP contribution >= 0.6 is 15.9 Å². The molecule has 2 aromatic rings. The van der Waals surface area contributed by atoms with E-state index in [1.54, 1.807) is 6.92 Å². The highest BCUT2D eigenvalue weighted by Gasteiger charge is 2.23. The van der Waals surface area contributed by atoms with Crippen molar-refractivity contribution in [3.8, 4) is 0 Å². The second kappa shape index (κ2) is 8.12. The normalized spacial score (nSPS) is 12.7. The zero-order chi connectivity index (χ0) is 19.5. The van der Waals surface area contributed by atoms with Gasteiger partial charge in [-0.15, -0.1) is 0 Å². The SMILES string of the molecule is CCOC(=O)c1cc2cccc(Br)c2n1C(C)CNC(=O)OC(C)(C)C. The summed E-state index contributed by atoms with van der Waals surface area (Å²) in [7, 11) is 0. The molecular formula is C19H25BrN2O4. The van der Waals surface area contributed by atoms with E-state index in [1.165, 1.54) is 0 Å². The summed E-state index contributed by atoms with van der Waals surface area (Å²) in [4.78, 5) is 24.3. The largest absolute Gasteiger partial charge is 0.461 e. The van der Waals surface area contributed by atoms with Crippen LogP contribution in [0.1, 0.15) is 51.1 Å². The van der Waals surface area contributed by atoms with Gasteiger partial charge in [0.15, 0.2) is 0 Å². The first-order valence-electron chi connectivity index (χ1n) is 8.57. The van der Waals surface area contributed by atoms with Crippen LogP contribution in [0, 0.1) is 0 Å². The highest BCUT2D eigenvalue weighted by Crippen LogP contribution is 2.30. The Balaban J connectivity index is 2.32. The Labute approximate surface area is 162 Å². The number of alkyl carbamates (subject to hydrolysis) is 1. The van der Waals surface area contributed by atoms with Gasteiger partial charge in [-0.3, -0.25) is 0 Å². The number of halogens is 1. The molecule has 1 unspecified atom stereocenters. The molecule has 142 valence electrons. The van der Waals surface area contributed by atoms with Crippen LogP contribution in [-0.2, 0) is 9.47 Å². The molecule has 0 bridgehead atoms. The Morgan fingerprint density at radius 1 is 1.31 bits per heavy atom. The lowest BCUT2D eigenvalue weighted by Gasteiger charge is -2.22. The second-order valence-electron chi connectivity index (χ2n) is 7.03. The maximum Gasteiger partial charge on any atom is 0.407 e. The first-order valence-corrected chi connectivity index (χ1v) is 9.36. The fourth-order valence-corrected chi connectivity index (χ4v) is 3.27. The van der Waals surface area contributed by atoms with E-state index in [0.29, 0.717) is 18.8 Å². The monoisotopic (exact) mass is 424 g/mol. The lowest BCUT2D eigenvalue weighted by Crippen LogP contribution is -2.35. The molecule has 2 rings (SSSR count). The average molecular weight is 425 g/mol. The maximum atomic E-state index is 12.4. The quantitative estimate of drug-likeness (QED) is 0.708. The van der Waals surface area contributed by atoms with Crippen LogP contribution in [0.2, 0.25) is 0 Å². The molecule has 7 heteroatoms. The molecule has 0 saturated carbocycles. The Morgan fingerprint density at radius 2 is 2.00 bits per heavy atom. The molecule has 1 amide bonds. The number of carbonyl (C=O) groups is 2. The Morgan fingerprint density at radius 3 is 2.62 bits per heavy atom. The Bertz CT molecular complexity index is 808. The lowest BCUT2D eigenvalue weighted by molar-refractivity contribution is 0.0512. The standard InChI is InChI=1S/C19H25BrN2O4/c1-6-25-17(23)15-10-13-8-7-9-14(20)16(13)22(15)12(2)11-21-18(24)26-19(3,4)5/h7-10,12H,6,11H2,1-5H3,(H,21,24). The molecule has 6 nitrogen and oxygen atoms in total. The predicted octanol–water partition coefficient (Wildman–Crippen LogP) is 4.67. The van der Waals surface area contributed by atoms with Crippen molar-refractivity contribution in [2.75, 3.05) is 13.2 Å². The molecular weight excluding hydrogens is 400 g/mol. The van der Waals surface area contributed by atoms with Gasteiger partial charge in [-0.1, -0.05) is 12.1 Å². The van der Waals surface area contributed by atoms with Crippen molar-refractivity contribution in [3.05, 3.63) is 34.4 Å². The van der Waals surface area contributed by atoms with Crippen LogP contribution < -0.4 is 5.32 Å². The first kappa shape index (κ1) is 20.3. The zero-order valence-electron chi connectivity index (χ0n) is 15.8. The number of ether oxygens (including phenoxy) is 2. The smallest absolute Gasteiger partial charge is 0.407 e. The molecule has 1 N–H and O–H groups in total. The molecule has 0 saturated heterocycles. The number of rotatable bonds is 5. The number of esters is 1. The third-order valence-electron chi connectivity index (χ3n) is 3.68. The van der Waals surface area contributed by atoms with Gasteiger partial charge < -0.3 is 19.4 Å². The fourth-order valence-electron chi connectivity index (χ4n) is 2.70. The number of para-hydroxylation sites is 1. The van der Waals surface area contributed by atoms with Gasteiger partial charge in [-0.05, 0) is 62.7 Å². The fraction of sp³-hybridized carbons (Fsp3) is 0.474. The van der Waals surface area contributed by atoms with Gasteiger partial charge in [0.2, 0.25) is 0 Å². The molecule has 1 atom stereocenters. The van der Waals surface area contributed by atoms with Crippen molar-refractivity contribution in [1.29, 1.82) is 0 Å². The third-order valence-corrected chi connectivity index (χ3v) is 4.32. The number of aromatic nitrogens is 1. The maximum absolute atomic E-state index is 12.4. The van der Waals surface area contributed by atoms with Gasteiger partial charge in [0.05, 0.1) is 12.1 Å². The average Bonchev–Trinajstić information content (AvgIpc) is 2.92. The summed E-state index contributed by atoms with van der Waals surface area (Å²) in [6.45, 7) is 9.74. The van der Waals surface area contributed by atoms with Crippen molar-refractivity contribution < 1.29 is 19.1 Å². The van der Waals surface area contributed by atoms with Crippen LogP contribution in [0.25, 0.3) is 10.9 Å². The summed E-state index contributed by atoms with van der Waals surface area (Å²) in [6, 6.07) is 7.39. The topological polar surface area (TPSA) is 69.6 Å². The van der Waals surface area contributed by atoms with Gasteiger partial charge in [0.1, 0.15) is 11.3 Å². The summed E-state index contributed by atoms with van der Waals surface area (Å²) in [6.07, 6.45) is -0.488. The highest BCUT2D eigenvalue weighted by molar-refractivity contribution is 9.10. The van der Waals surface area contributed by atoms with Crippen molar-refractivity contribution >= 4 is 38.9 Å². The first-order chi connectivity index (χ1) is 12.1. The van der Waals surface area contributed by atoms with Gasteiger partial charge in [-0.2, -0.15) is 0 Å². The summed E-state index contributed by atoms with van der Waals surface area (Å²) < 4.78 is 13.2. The molecule has 0 fully saturated rings. The second-order valence-corrected chi connectivity index (χ2v) is 7.88. The molecule has 0 aliphatic carbocycles. The molecule has 1 heterocycles. The highest BCUT2D eigenvalue weighted by atomic mass is 79.9. The van der Waals surface area contributed by atoms with Gasteiger partial charge in [0.25, 0.3) is 0 Å². The number of fused-ring (bicyclic) bond motifs is 1. The predicted molar refractivity (Wildman–Crippen MR) is 105 cm³/mol. The Kier molecular flexibility index (Phi) is 6.34. The van der Waals surface area contributed by atoms with Crippen LogP contribution in [0.4, 0.5) is 4.79 Å². The third kappa shape index (κ3) is 4.78. The van der Waals surface area contributed by atoms with Crippen LogP contribution in [0.3, 0.4) is 0 Å². The summed E-state index contributed by atoms with van der Waals surface area (Å²) in [5.74, 6) is -0.389. The van der Waals surface area contributed by atoms with E-state index >= 15 is 0 Å². The summed E-state index contributed by atoms with van der Waals surface area (Å²) in [5.41, 5.74) is 0.772. The van der Waals surface area contributed by atoms with Crippen molar-refractivity contribution in [3.63, 3.8) is 0 Å². The van der Waals surface area contributed by atoms with Crippen molar-refractivity contribution in [1.82, 2.24) is 9.88 Å². The molecule has 1 aromatic carbocycles. The number of nitrogens with zero attached hydrogens (tertiary/aromatic N) is 1. The van der Waals surface area contributed by atoms with E-state index in [4.69, 9.17) is 9.47 Å². The number of hydrogen-bond donors (Lipinski definition) is 1. The van der Waals surface area contributed by atoms with Gasteiger partial charge in [-0.25, -0.2) is 9.59 Å². The number of hydrogen-bond acceptors (Lipinski definition) is 4. The molecule has 0 radical (unpaired) electrons. The van der Waals surface area contributed by atoms with E-state index in [1.807, 2.05) is 56.5 Å².